The molecule has 3 aromatic heterocycles. The molecule has 0 saturated carbocycles. The molecule has 1 fully saturated rings. The van der Waals surface area contributed by atoms with Crippen molar-refractivity contribution in [2.24, 2.45) is 0 Å². The predicted molar refractivity (Wildman–Crippen MR) is 97.6 cm³/mol. The van der Waals surface area contributed by atoms with Gasteiger partial charge >= 0.3 is 6.18 Å². The lowest BCUT2D eigenvalue weighted by Gasteiger charge is -2.42. The minimum Gasteiger partial charge on any atom is -0.388 e. The van der Waals surface area contributed by atoms with Crippen molar-refractivity contribution in [3.05, 3.63) is 59.3 Å². The first-order chi connectivity index (χ1) is 14.2. The molecule has 30 heavy (non-hydrogen) atoms. The van der Waals surface area contributed by atoms with E-state index in [9.17, 15) is 23.1 Å². The number of aliphatic hydroxyl groups is 1. The van der Waals surface area contributed by atoms with Crippen LogP contribution in [-0.4, -0.2) is 49.9 Å². The smallest absolute Gasteiger partial charge is 0.388 e. The first-order valence-corrected chi connectivity index (χ1v) is 9.13. The normalized spacial score (nSPS) is 22.2. The summed E-state index contributed by atoms with van der Waals surface area (Å²) in [5.74, 6) is -0.567. The van der Waals surface area contributed by atoms with E-state index in [0.717, 1.165) is 17.8 Å². The molecule has 2 N–H and O–H groups in total. The number of carbonyl (C=O) groups excluding carboxylic acids is 1. The molecule has 0 spiro atoms. The van der Waals surface area contributed by atoms with E-state index in [1.165, 1.54) is 16.8 Å². The maximum absolute atomic E-state index is 13.1. The van der Waals surface area contributed by atoms with Crippen molar-refractivity contribution in [1.82, 2.24) is 24.9 Å². The molecule has 0 bridgehead atoms. The lowest BCUT2D eigenvalue weighted by Crippen LogP contribution is -2.58. The Bertz CT molecular complexity index is 1080. The molecule has 0 radical (unpaired) electrons. The summed E-state index contributed by atoms with van der Waals surface area (Å²) in [4.78, 5) is 20.8. The molecule has 1 aliphatic rings. The molecule has 4 rings (SSSR count). The summed E-state index contributed by atoms with van der Waals surface area (Å²) in [7, 11) is 0. The summed E-state index contributed by atoms with van der Waals surface area (Å²) in [6, 6.07) is 2.04. The number of halogens is 3. The number of rotatable bonds is 3. The maximum Gasteiger partial charge on any atom is 0.433 e. The van der Waals surface area contributed by atoms with E-state index in [-0.39, 0.29) is 30.8 Å². The van der Waals surface area contributed by atoms with Gasteiger partial charge in [-0.2, -0.15) is 18.3 Å². The number of hydrogen-bond acceptors (Lipinski definition) is 6. The largest absolute Gasteiger partial charge is 0.433 e. The first kappa shape index (κ1) is 20.2. The number of hydrogen-bond donors (Lipinski definition) is 2. The zero-order chi connectivity index (χ0) is 21.5. The van der Waals surface area contributed by atoms with E-state index >= 15 is 0 Å². The van der Waals surface area contributed by atoms with Crippen LogP contribution in [0.4, 0.5) is 13.2 Å². The van der Waals surface area contributed by atoms with E-state index < -0.39 is 29.4 Å². The van der Waals surface area contributed by atoms with Crippen LogP contribution in [0.1, 0.15) is 33.6 Å². The summed E-state index contributed by atoms with van der Waals surface area (Å²) in [5, 5.41) is 17.6. The average molecular weight is 421 g/mol. The number of aliphatic hydroxyl groups excluding tert-OH is 1. The van der Waals surface area contributed by atoms with Crippen LogP contribution in [0.25, 0.3) is 5.65 Å². The van der Waals surface area contributed by atoms with Crippen LogP contribution in [0.5, 0.6) is 0 Å². The van der Waals surface area contributed by atoms with Gasteiger partial charge in [0.15, 0.2) is 5.65 Å². The minimum absolute atomic E-state index is 0.0898. The van der Waals surface area contributed by atoms with Crippen molar-refractivity contribution >= 4 is 11.6 Å². The van der Waals surface area contributed by atoms with Crippen molar-refractivity contribution in [3.63, 3.8) is 0 Å². The fraction of sp³-hybridized carbons (Fsp3) is 0.368. The summed E-state index contributed by atoms with van der Waals surface area (Å²) in [6.07, 6.45) is 0.0374. The van der Waals surface area contributed by atoms with Crippen LogP contribution >= 0.6 is 0 Å². The number of aryl methyl sites for hydroxylation is 1. The molecule has 0 aromatic carbocycles. The lowest BCUT2D eigenvalue weighted by atomic mass is 9.81. The van der Waals surface area contributed by atoms with Crippen molar-refractivity contribution in [3.8, 4) is 0 Å². The van der Waals surface area contributed by atoms with Crippen LogP contribution in [0.3, 0.4) is 0 Å². The maximum atomic E-state index is 13.1. The van der Waals surface area contributed by atoms with Crippen LogP contribution in [0, 0.1) is 6.92 Å². The monoisotopic (exact) mass is 421 g/mol. The van der Waals surface area contributed by atoms with Crippen molar-refractivity contribution in [1.29, 1.82) is 0 Å². The van der Waals surface area contributed by atoms with Gasteiger partial charge in [-0.1, -0.05) is 6.07 Å². The highest BCUT2D eigenvalue weighted by atomic mass is 19.4. The molecule has 158 valence electrons. The number of carbonyl (C=O) groups is 1. The molecule has 1 aliphatic heterocycles. The average Bonchev–Trinajstić information content (AvgIpc) is 3.12. The van der Waals surface area contributed by atoms with Gasteiger partial charge < -0.3 is 15.2 Å². The predicted octanol–water partition coefficient (Wildman–Crippen LogP) is 1.86. The summed E-state index contributed by atoms with van der Waals surface area (Å²) in [5.41, 5.74) is -0.833. The Morgan fingerprint density at radius 2 is 2.10 bits per heavy atom. The van der Waals surface area contributed by atoms with Gasteiger partial charge in [-0.25, -0.2) is 9.50 Å². The summed E-state index contributed by atoms with van der Waals surface area (Å²) in [6.45, 7) is 1.94. The molecule has 11 heteroatoms. The highest BCUT2D eigenvalue weighted by molar-refractivity contribution is 6.00. The molecule has 4 heterocycles. The molecule has 1 saturated heterocycles. The van der Waals surface area contributed by atoms with Crippen LogP contribution in [-0.2, 0) is 16.5 Å². The highest BCUT2D eigenvalue weighted by Crippen LogP contribution is 2.35. The van der Waals surface area contributed by atoms with Crippen molar-refractivity contribution in [2.75, 3.05) is 13.2 Å². The number of fused-ring (bicyclic) bond motifs is 1. The summed E-state index contributed by atoms with van der Waals surface area (Å²) >= 11 is 0. The molecular formula is C19H18F3N5O3. The third kappa shape index (κ3) is 3.50. The second-order valence-corrected chi connectivity index (χ2v) is 7.15. The number of amides is 1. The molecule has 2 atom stereocenters. The van der Waals surface area contributed by atoms with Gasteiger partial charge in [0.05, 0.1) is 18.3 Å². The van der Waals surface area contributed by atoms with Crippen LogP contribution in [0.2, 0.25) is 0 Å². The van der Waals surface area contributed by atoms with E-state index in [0.29, 0.717) is 5.65 Å². The Morgan fingerprint density at radius 3 is 2.77 bits per heavy atom. The number of ether oxygens (including phenoxy) is 1. The number of alkyl halides is 3. The van der Waals surface area contributed by atoms with Crippen molar-refractivity contribution < 1.29 is 27.8 Å². The van der Waals surface area contributed by atoms with Gasteiger partial charge in [-0.3, -0.25) is 9.78 Å². The molecule has 8 nitrogen and oxygen atoms in total. The molecule has 0 unspecified atom stereocenters. The van der Waals surface area contributed by atoms with Gasteiger partial charge in [-0.15, -0.1) is 0 Å². The third-order valence-corrected chi connectivity index (χ3v) is 5.12. The number of aromatic nitrogens is 4. The fourth-order valence-electron chi connectivity index (χ4n) is 3.52. The quantitative estimate of drug-likeness (QED) is 0.670. The van der Waals surface area contributed by atoms with E-state index in [2.05, 4.69) is 20.4 Å². The highest BCUT2D eigenvalue weighted by Gasteiger charge is 2.45. The second-order valence-electron chi connectivity index (χ2n) is 7.15. The molecule has 3 aromatic rings. The molecule has 1 amide bonds. The zero-order valence-corrected chi connectivity index (χ0v) is 15.8. The Labute approximate surface area is 168 Å². The Hall–Kier alpha value is -3.05. The minimum atomic E-state index is -4.59. The fourth-order valence-corrected chi connectivity index (χ4v) is 3.52. The van der Waals surface area contributed by atoms with Gasteiger partial charge in [0.2, 0.25) is 0 Å². The SMILES string of the molecule is Cc1cnc2c(C(=O)N[C@@]3(c4ccc(C(F)(F)F)nc4)CCOC[C@@H]3O)cnn2c1. The van der Waals surface area contributed by atoms with E-state index in [1.807, 2.05) is 6.92 Å². The van der Waals surface area contributed by atoms with Crippen LogP contribution < -0.4 is 5.32 Å². The third-order valence-electron chi connectivity index (χ3n) is 5.12. The Morgan fingerprint density at radius 1 is 1.30 bits per heavy atom. The van der Waals surface area contributed by atoms with Crippen molar-refractivity contribution in [2.45, 2.75) is 31.2 Å². The lowest BCUT2D eigenvalue weighted by molar-refractivity contribution is -0.141. The van der Waals surface area contributed by atoms with Gasteiger partial charge in [-0.05, 0) is 24.1 Å². The van der Waals surface area contributed by atoms with E-state index in [1.54, 1.807) is 12.4 Å². The van der Waals surface area contributed by atoms with E-state index in [4.69, 9.17) is 4.74 Å². The van der Waals surface area contributed by atoms with Gasteiger partial charge in [0.1, 0.15) is 17.4 Å². The first-order valence-electron chi connectivity index (χ1n) is 9.13. The molecule has 0 aliphatic carbocycles. The number of nitrogens with one attached hydrogen (secondary N) is 1. The van der Waals surface area contributed by atoms with Gasteiger partial charge in [0, 0.05) is 31.6 Å². The topological polar surface area (TPSA) is 102 Å². The molecular weight excluding hydrogens is 403 g/mol. The Kier molecular flexibility index (Phi) is 4.94. The summed E-state index contributed by atoms with van der Waals surface area (Å²) < 4.78 is 45.4. The van der Waals surface area contributed by atoms with Gasteiger partial charge in [0.25, 0.3) is 5.91 Å². The Balaban J connectivity index is 1.71. The number of nitrogens with zero attached hydrogens (tertiary/aromatic N) is 4. The van der Waals surface area contributed by atoms with Crippen LogP contribution in [0.15, 0.2) is 36.9 Å². The number of pyridine rings is 1. The standard InChI is InChI=1S/C19H18F3N5O3/c1-11-6-24-16-13(8-25-27(16)9-11)17(29)26-18(4-5-30-10-15(18)28)12-2-3-14(23-7-12)19(20,21)22/h2-3,6-9,15,28H,4-5,10H2,1H3,(H,26,29)/t15-,18+/m0/s1. The zero-order valence-electron chi connectivity index (χ0n) is 15.8. The second kappa shape index (κ2) is 7.33.